The van der Waals surface area contributed by atoms with Crippen molar-refractivity contribution < 1.29 is 5.11 Å². The maximum absolute atomic E-state index is 9.27. The highest BCUT2D eigenvalue weighted by Gasteiger charge is 2.09. The van der Waals surface area contributed by atoms with E-state index >= 15 is 0 Å². The van der Waals surface area contributed by atoms with Gasteiger partial charge in [0.1, 0.15) is 17.9 Å². The van der Waals surface area contributed by atoms with E-state index in [4.69, 9.17) is 0 Å². The standard InChI is InChI=1S/C16H24N6O/c1-17-16(21(2)11-15-19-12-20-22(15)3)18-10-4-5-13-6-8-14(23)9-7-13/h6-9,12,23H,4-5,10-11H2,1-3H3,(H,17,18). The molecule has 7 nitrogen and oxygen atoms in total. The van der Waals surface area contributed by atoms with Gasteiger partial charge in [0.05, 0.1) is 6.54 Å². The van der Waals surface area contributed by atoms with Gasteiger partial charge in [0.25, 0.3) is 0 Å². The van der Waals surface area contributed by atoms with Crippen molar-refractivity contribution in [3.05, 3.63) is 42.0 Å². The Hall–Kier alpha value is -2.57. The fraction of sp³-hybridized carbons (Fsp3) is 0.438. The molecule has 7 heteroatoms. The molecule has 2 rings (SSSR count). The molecule has 1 aromatic heterocycles. The van der Waals surface area contributed by atoms with Gasteiger partial charge in [-0.25, -0.2) is 4.98 Å². The molecule has 0 fully saturated rings. The van der Waals surface area contributed by atoms with Gasteiger partial charge in [-0.2, -0.15) is 5.10 Å². The van der Waals surface area contributed by atoms with Gasteiger partial charge < -0.3 is 15.3 Å². The smallest absolute Gasteiger partial charge is 0.193 e. The van der Waals surface area contributed by atoms with Crippen molar-refractivity contribution >= 4 is 5.96 Å². The second-order valence-corrected chi connectivity index (χ2v) is 5.40. The molecule has 0 amide bonds. The quantitative estimate of drug-likeness (QED) is 0.475. The van der Waals surface area contributed by atoms with Gasteiger partial charge in [-0.15, -0.1) is 0 Å². The number of guanidine groups is 1. The highest BCUT2D eigenvalue weighted by atomic mass is 16.3. The lowest BCUT2D eigenvalue weighted by atomic mass is 10.1. The van der Waals surface area contributed by atoms with Crippen molar-refractivity contribution in [2.75, 3.05) is 20.6 Å². The molecule has 0 saturated carbocycles. The molecule has 0 aliphatic carbocycles. The van der Waals surface area contributed by atoms with Crippen LogP contribution in [-0.2, 0) is 20.0 Å². The summed E-state index contributed by atoms with van der Waals surface area (Å²) in [5.41, 5.74) is 1.21. The van der Waals surface area contributed by atoms with Gasteiger partial charge >= 0.3 is 0 Å². The molecule has 0 bridgehead atoms. The summed E-state index contributed by atoms with van der Waals surface area (Å²) in [4.78, 5) is 10.5. The lowest BCUT2D eigenvalue weighted by Crippen LogP contribution is -2.39. The van der Waals surface area contributed by atoms with Crippen LogP contribution < -0.4 is 5.32 Å². The molecule has 0 saturated heterocycles. The van der Waals surface area contributed by atoms with E-state index < -0.39 is 0 Å². The largest absolute Gasteiger partial charge is 0.508 e. The summed E-state index contributed by atoms with van der Waals surface area (Å²) in [7, 11) is 5.63. The summed E-state index contributed by atoms with van der Waals surface area (Å²) in [6.45, 7) is 1.48. The van der Waals surface area contributed by atoms with E-state index in [1.54, 1.807) is 30.2 Å². The number of hydrogen-bond donors (Lipinski definition) is 2. The van der Waals surface area contributed by atoms with Crippen molar-refractivity contribution in [3.63, 3.8) is 0 Å². The number of phenolic OH excluding ortho intramolecular Hbond substituents is 1. The summed E-state index contributed by atoms with van der Waals surface area (Å²) in [6, 6.07) is 7.33. The number of nitrogens with one attached hydrogen (secondary N) is 1. The number of aliphatic imine (C=N–C) groups is 1. The van der Waals surface area contributed by atoms with Crippen LogP contribution in [0.15, 0.2) is 35.6 Å². The minimum atomic E-state index is 0.303. The summed E-state index contributed by atoms with van der Waals surface area (Å²) in [6.07, 6.45) is 3.50. The molecule has 0 unspecified atom stereocenters. The number of phenols is 1. The Morgan fingerprint density at radius 3 is 2.70 bits per heavy atom. The van der Waals surface area contributed by atoms with Crippen LogP contribution >= 0.6 is 0 Å². The number of hydrogen-bond acceptors (Lipinski definition) is 4. The molecule has 0 aliphatic rings. The van der Waals surface area contributed by atoms with Crippen LogP contribution in [0.3, 0.4) is 0 Å². The molecule has 1 aromatic carbocycles. The number of aromatic nitrogens is 3. The Kier molecular flexibility index (Phi) is 5.96. The van der Waals surface area contributed by atoms with E-state index in [0.717, 1.165) is 31.2 Å². The Bertz CT molecular complexity index is 634. The molecule has 0 aliphatic heterocycles. The summed E-state index contributed by atoms with van der Waals surface area (Å²) in [5.74, 6) is 2.02. The van der Waals surface area contributed by atoms with Crippen LogP contribution in [0.25, 0.3) is 0 Å². The van der Waals surface area contributed by atoms with Crippen LogP contribution in [0.1, 0.15) is 17.8 Å². The predicted molar refractivity (Wildman–Crippen MR) is 90.3 cm³/mol. The first kappa shape index (κ1) is 16.8. The average molecular weight is 316 g/mol. The van der Waals surface area contributed by atoms with Crippen molar-refractivity contribution in [2.45, 2.75) is 19.4 Å². The first-order valence-electron chi connectivity index (χ1n) is 7.62. The van der Waals surface area contributed by atoms with Gasteiger partial charge in [0.2, 0.25) is 0 Å². The Morgan fingerprint density at radius 1 is 1.35 bits per heavy atom. The minimum absolute atomic E-state index is 0.303. The SMILES string of the molecule is CN=C(NCCCc1ccc(O)cc1)N(C)Cc1ncnn1C. The van der Waals surface area contributed by atoms with Gasteiger partial charge in [-0.3, -0.25) is 9.67 Å². The molecular formula is C16H24N6O. The molecule has 0 spiro atoms. The maximum atomic E-state index is 9.27. The normalized spacial score (nSPS) is 11.5. The van der Waals surface area contributed by atoms with Gasteiger partial charge in [-0.05, 0) is 30.5 Å². The maximum Gasteiger partial charge on any atom is 0.193 e. The monoisotopic (exact) mass is 316 g/mol. The van der Waals surface area contributed by atoms with Crippen LogP contribution in [0, 0.1) is 0 Å². The van der Waals surface area contributed by atoms with Gasteiger partial charge in [-0.1, -0.05) is 12.1 Å². The fourth-order valence-corrected chi connectivity index (χ4v) is 2.29. The lowest BCUT2D eigenvalue weighted by molar-refractivity contribution is 0.448. The Balaban J connectivity index is 1.76. The van der Waals surface area contributed by atoms with Crippen molar-refractivity contribution in [1.82, 2.24) is 25.0 Å². The van der Waals surface area contributed by atoms with Crippen LogP contribution in [0.5, 0.6) is 5.75 Å². The Labute approximate surface area is 136 Å². The van der Waals surface area contributed by atoms with Crippen LogP contribution in [-0.4, -0.2) is 51.4 Å². The van der Waals surface area contributed by atoms with Crippen LogP contribution in [0.2, 0.25) is 0 Å². The Morgan fingerprint density at radius 2 is 2.09 bits per heavy atom. The molecule has 2 N–H and O–H groups in total. The average Bonchev–Trinajstić information content (AvgIpc) is 2.94. The van der Waals surface area contributed by atoms with Gasteiger partial charge in [0.15, 0.2) is 5.96 Å². The van der Waals surface area contributed by atoms with E-state index in [0.29, 0.717) is 12.3 Å². The lowest BCUT2D eigenvalue weighted by Gasteiger charge is -2.21. The number of aromatic hydroxyl groups is 1. The molecular weight excluding hydrogens is 292 g/mol. The highest BCUT2D eigenvalue weighted by Crippen LogP contribution is 2.10. The predicted octanol–water partition coefficient (Wildman–Crippen LogP) is 1.16. The fourth-order valence-electron chi connectivity index (χ4n) is 2.29. The zero-order valence-corrected chi connectivity index (χ0v) is 13.9. The molecule has 23 heavy (non-hydrogen) atoms. The second kappa shape index (κ2) is 8.17. The second-order valence-electron chi connectivity index (χ2n) is 5.40. The molecule has 124 valence electrons. The summed E-state index contributed by atoms with van der Waals surface area (Å²) < 4.78 is 1.76. The van der Waals surface area contributed by atoms with Crippen molar-refractivity contribution in [3.8, 4) is 5.75 Å². The first-order valence-corrected chi connectivity index (χ1v) is 7.62. The summed E-state index contributed by atoms with van der Waals surface area (Å²) >= 11 is 0. The third-order valence-electron chi connectivity index (χ3n) is 3.62. The molecule has 1 heterocycles. The number of benzene rings is 1. The highest BCUT2D eigenvalue weighted by molar-refractivity contribution is 5.79. The van der Waals surface area contributed by atoms with E-state index in [1.807, 2.05) is 31.1 Å². The van der Waals surface area contributed by atoms with Crippen molar-refractivity contribution in [2.24, 2.45) is 12.0 Å². The minimum Gasteiger partial charge on any atom is -0.508 e. The van der Waals surface area contributed by atoms with E-state index in [9.17, 15) is 5.11 Å². The van der Waals surface area contributed by atoms with E-state index in [-0.39, 0.29) is 0 Å². The van der Waals surface area contributed by atoms with Gasteiger partial charge in [0, 0.05) is 27.7 Å². The number of aryl methyl sites for hydroxylation is 2. The number of nitrogens with zero attached hydrogens (tertiary/aromatic N) is 5. The third-order valence-corrected chi connectivity index (χ3v) is 3.62. The topological polar surface area (TPSA) is 78.6 Å². The molecule has 0 radical (unpaired) electrons. The van der Waals surface area contributed by atoms with E-state index in [1.165, 1.54) is 5.56 Å². The first-order chi connectivity index (χ1) is 11.1. The van der Waals surface area contributed by atoms with E-state index in [2.05, 4.69) is 20.4 Å². The zero-order valence-electron chi connectivity index (χ0n) is 13.9. The third kappa shape index (κ3) is 4.98. The van der Waals surface area contributed by atoms with Crippen LogP contribution in [0.4, 0.5) is 0 Å². The molecule has 0 atom stereocenters. The summed E-state index contributed by atoms with van der Waals surface area (Å²) in [5, 5.41) is 16.7. The van der Waals surface area contributed by atoms with Crippen molar-refractivity contribution in [1.29, 1.82) is 0 Å². The zero-order chi connectivity index (χ0) is 16.7. The number of rotatable bonds is 6. The molecule has 2 aromatic rings.